The first-order valence-corrected chi connectivity index (χ1v) is 6.33. The van der Waals surface area contributed by atoms with E-state index in [9.17, 15) is 0 Å². The van der Waals surface area contributed by atoms with Crippen molar-refractivity contribution < 1.29 is 0 Å². The van der Waals surface area contributed by atoms with E-state index in [0.717, 1.165) is 18.8 Å². The molecule has 0 fully saturated rings. The Kier molecular flexibility index (Phi) is 5.91. The van der Waals surface area contributed by atoms with E-state index >= 15 is 0 Å². The van der Waals surface area contributed by atoms with Crippen LogP contribution < -0.4 is 4.90 Å². The van der Waals surface area contributed by atoms with Crippen LogP contribution in [0.5, 0.6) is 0 Å². The minimum Gasteiger partial charge on any atom is -0.369 e. The van der Waals surface area contributed by atoms with Crippen molar-refractivity contribution >= 4 is 52.1 Å². The summed E-state index contributed by atoms with van der Waals surface area (Å²) < 4.78 is 0. The van der Waals surface area contributed by atoms with Gasteiger partial charge in [0, 0.05) is 30.5 Å². The largest absolute Gasteiger partial charge is 0.369 e. The summed E-state index contributed by atoms with van der Waals surface area (Å²) in [6, 6.07) is 5.50. The fourth-order valence-corrected chi connectivity index (χ4v) is 1.96. The quantitative estimate of drug-likeness (QED) is 0.731. The molecule has 1 aromatic rings. The second kappa shape index (κ2) is 6.70. The van der Waals surface area contributed by atoms with Gasteiger partial charge in [0.05, 0.1) is 10.0 Å². The highest BCUT2D eigenvalue weighted by atomic mass is 35.5. The highest BCUT2D eigenvalue weighted by molar-refractivity contribution is 6.42. The van der Waals surface area contributed by atoms with E-state index in [4.69, 9.17) is 46.4 Å². The van der Waals surface area contributed by atoms with Gasteiger partial charge in [0.25, 0.3) is 0 Å². The Labute approximate surface area is 110 Å². The van der Waals surface area contributed by atoms with E-state index in [1.165, 1.54) is 0 Å². The van der Waals surface area contributed by atoms with Crippen LogP contribution in [-0.4, -0.2) is 24.8 Å². The van der Waals surface area contributed by atoms with Crippen LogP contribution in [-0.2, 0) is 0 Å². The minimum absolute atomic E-state index is 0.545. The number of anilines is 1. The van der Waals surface area contributed by atoms with Gasteiger partial charge in [-0.1, -0.05) is 23.2 Å². The summed E-state index contributed by atoms with van der Waals surface area (Å²) >= 11 is 23.2. The van der Waals surface area contributed by atoms with Gasteiger partial charge in [0.1, 0.15) is 0 Å². The first-order valence-electron chi connectivity index (χ1n) is 4.51. The zero-order valence-electron chi connectivity index (χ0n) is 8.02. The first-order chi connectivity index (χ1) is 7.19. The summed E-state index contributed by atoms with van der Waals surface area (Å²) in [6.07, 6.45) is 0. The monoisotopic (exact) mass is 285 g/mol. The summed E-state index contributed by atoms with van der Waals surface area (Å²) in [5.74, 6) is 1.11. The van der Waals surface area contributed by atoms with Gasteiger partial charge in [0.2, 0.25) is 0 Å². The van der Waals surface area contributed by atoms with Crippen LogP contribution in [0.2, 0.25) is 10.0 Å². The van der Waals surface area contributed by atoms with Crippen molar-refractivity contribution in [2.75, 3.05) is 29.7 Å². The number of halogens is 4. The van der Waals surface area contributed by atoms with Crippen LogP contribution in [0, 0.1) is 0 Å². The Morgan fingerprint density at radius 3 is 2.00 bits per heavy atom. The molecule has 0 atom stereocenters. The third-order valence-electron chi connectivity index (χ3n) is 1.98. The van der Waals surface area contributed by atoms with Crippen molar-refractivity contribution in [3.63, 3.8) is 0 Å². The van der Waals surface area contributed by atoms with E-state index in [1.807, 2.05) is 12.1 Å². The van der Waals surface area contributed by atoms with Gasteiger partial charge in [-0.05, 0) is 18.2 Å². The fourth-order valence-electron chi connectivity index (χ4n) is 1.26. The molecule has 1 nitrogen and oxygen atoms in total. The zero-order chi connectivity index (χ0) is 11.3. The fraction of sp³-hybridized carbons (Fsp3) is 0.400. The second-order valence-corrected chi connectivity index (χ2v) is 4.53. The number of alkyl halides is 2. The molecule has 0 saturated heterocycles. The molecule has 0 aliphatic carbocycles. The van der Waals surface area contributed by atoms with E-state index in [-0.39, 0.29) is 0 Å². The number of rotatable bonds is 5. The molecule has 1 rings (SSSR count). The predicted molar refractivity (Wildman–Crippen MR) is 70.1 cm³/mol. The lowest BCUT2D eigenvalue weighted by Gasteiger charge is -2.23. The molecular weight excluding hydrogens is 276 g/mol. The zero-order valence-corrected chi connectivity index (χ0v) is 11.0. The Balaban J connectivity index is 2.85. The van der Waals surface area contributed by atoms with E-state index < -0.39 is 0 Å². The highest BCUT2D eigenvalue weighted by Gasteiger charge is 2.07. The molecule has 0 aromatic heterocycles. The maximum atomic E-state index is 5.93. The summed E-state index contributed by atoms with van der Waals surface area (Å²) in [5, 5.41) is 1.10. The van der Waals surface area contributed by atoms with Crippen LogP contribution in [0.1, 0.15) is 0 Å². The molecule has 1 aromatic carbocycles. The molecule has 0 amide bonds. The van der Waals surface area contributed by atoms with Gasteiger partial charge in [-0.2, -0.15) is 0 Å². The minimum atomic E-state index is 0.545. The molecule has 0 aliphatic rings. The van der Waals surface area contributed by atoms with Crippen LogP contribution >= 0.6 is 46.4 Å². The maximum Gasteiger partial charge on any atom is 0.0612 e. The number of hydrogen-bond acceptors (Lipinski definition) is 1. The third-order valence-corrected chi connectivity index (χ3v) is 3.05. The molecule has 0 aliphatic heterocycles. The van der Waals surface area contributed by atoms with Crippen molar-refractivity contribution in [1.29, 1.82) is 0 Å². The van der Waals surface area contributed by atoms with Crippen molar-refractivity contribution in [3.8, 4) is 0 Å². The SMILES string of the molecule is ClCCN(CCCl)c1ccc(Cl)c(Cl)c1. The van der Waals surface area contributed by atoms with Gasteiger partial charge in [-0.3, -0.25) is 0 Å². The molecular formula is C10H11Cl4N. The van der Waals surface area contributed by atoms with Crippen LogP contribution in [0.15, 0.2) is 18.2 Å². The smallest absolute Gasteiger partial charge is 0.0612 e. The Morgan fingerprint density at radius 1 is 0.933 bits per heavy atom. The first kappa shape index (κ1) is 13.2. The summed E-state index contributed by atoms with van der Waals surface area (Å²) in [6.45, 7) is 1.48. The van der Waals surface area contributed by atoms with E-state index in [1.54, 1.807) is 6.07 Å². The van der Waals surface area contributed by atoms with Crippen molar-refractivity contribution in [2.45, 2.75) is 0 Å². The van der Waals surface area contributed by atoms with Crippen LogP contribution in [0.25, 0.3) is 0 Å². The molecule has 0 saturated carbocycles. The molecule has 0 spiro atoms. The summed E-state index contributed by atoms with van der Waals surface area (Å²) in [5.41, 5.74) is 0.991. The van der Waals surface area contributed by atoms with Gasteiger partial charge in [0.15, 0.2) is 0 Å². The van der Waals surface area contributed by atoms with Gasteiger partial charge in [-0.25, -0.2) is 0 Å². The van der Waals surface area contributed by atoms with Gasteiger partial charge < -0.3 is 4.90 Å². The van der Waals surface area contributed by atoms with E-state index in [0.29, 0.717) is 21.8 Å². The highest BCUT2D eigenvalue weighted by Crippen LogP contribution is 2.27. The molecule has 0 heterocycles. The lowest BCUT2D eigenvalue weighted by atomic mass is 10.3. The summed E-state index contributed by atoms with van der Waals surface area (Å²) in [4.78, 5) is 2.07. The molecule has 15 heavy (non-hydrogen) atoms. The lowest BCUT2D eigenvalue weighted by Crippen LogP contribution is -2.27. The van der Waals surface area contributed by atoms with Gasteiger partial charge >= 0.3 is 0 Å². The maximum absolute atomic E-state index is 5.93. The average molecular weight is 287 g/mol. The Morgan fingerprint density at radius 2 is 1.53 bits per heavy atom. The molecule has 0 bridgehead atoms. The lowest BCUT2D eigenvalue weighted by molar-refractivity contribution is 0.874. The van der Waals surface area contributed by atoms with Crippen molar-refractivity contribution in [2.24, 2.45) is 0 Å². The average Bonchev–Trinajstić information content (AvgIpc) is 2.22. The Bertz CT molecular complexity index is 310. The standard InChI is InChI=1S/C10H11Cl4N/c11-3-5-15(6-4-12)8-1-2-9(13)10(14)7-8/h1-2,7H,3-6H2. The number of hydrogen-bond donors (Lipinski definition) is 0. The second-order valence-electron chi connectivity index (χ2n) is 2.96. The number of benzene rings is 1. The van der Waals surface area contributed by atoms with Crippen molar-refractivity contribution in [3.05, 3.63) is 28.2 Å². The topological polar surface area (TPSA) is 3.24 Å². The molecule has 0 radical (unpaired) electrons. The third kappa shape index (κ3) is 3.92. The summed E-state index contributed by atoms with van der Waals surface area (Å²) in [7, 11) is 0. The predicted octanol–water partition coefficient (Wildman–Crippen LogP) is 4.28. The van der Waals surface area contributed by atoms with Gasteiger partial charge in [-0.15, -0.1) is 23.2 Å². The van der Waals surface area contributed by atoms with Crippen LogP contribution in [0.4, 0.5) is 5.69 Å². The molecule has 0 unspecified atom stereocenters. The normalized spacial score (nSPS) is 10.4. The number of nitrogens with zero attached hydrogens (tertiary/aromatic N) is 1. The molecule has 0 N–H and O–H groups in total. The molecule has 84 valence electrons. The van der Waals surface area contributed by atoms with Crippen LogP contribution in [0.3, 0.4) is 0 Å². The van der Waals surface area contributed by atoms with Crippen molar-refractivity contribution in [1.82, 2.24) is 0 Å². The van der Waals surface area contributed by atoms with E-state index in [2.05, 4.69) is 4.90 Å². The molecule has 5 heteroatoms. The Hall–Kier alpha value is 0.180.